The summed E-state index contributed by atoms with van der Waals surface area (Å²) >= 11 is 5.74. The monoisotopic (exact) mass is 290 g/mol. The number of ether oxygens (including phenoxy) is 1. The molecule has 1 N–H and O–H groups in total. The van der Waals surface area contributed by atoms with Gasteiger partial charge in [-0.05, 0) is 25.1 Å². The molecule has 1 aromatic carbocycles. The van der Waals surface area contributed by atoms with Gasteiger partial charge >= 0.3 is 5.97 Å². The van der Waals surface area contributed by atoms with E-state index in [1.165, 1.54) is 12.3 Å². The summed E-state index contributed by atoms with van der Waals surface area (Å²) in [6.45, 7) is 1.70. The summed E-state index contributed by atoms with van der Waals surface area (Å²) in [5, 5.41) is 0.450. The average molecular weight is 291 g/mol. The first kappa shape index (κ1) is 12.7. The number of aromatic nitrogens is 2. The van der Waals surface area contributed by atoms with Gasteiger partial charge in [0.25, 0.3) is 0 Å². The number of carbonyl (C=O) groups is 1. The first-order valence-corrected chi connectivity index (χ1v) is 6.41. The van der Waals surface area contributed by atoms with Crippen molar-refractivity contribution in [3.05, 3.63) is 53.1 Å². The zero-order valence-electron chi connectivity index (χ0n) is 10.6. The summed E-state index contributed by atoms with van der Waals surface area (Å²) in [5.74, 6) is -0.149. The van der Waals surface area contributed by atoms with Crippen molar-refractivity contribution in [3.8, 4) is 0 Å². The van der Waals surface area contributed by atoms with Crippen LogP contribution in [0.4, 0.5) is 0 Å². The van der Waals surface area contributed by atoms with Crippen LogP contribution in [0, 0.1) is 0 Å². The number of benzene rings is 1. The topological polar surface area (TPSA) is 68.1 Å². The van der Waals surface area contributed by atoms with Gasteiger partial charge in [-0.15, -0.1) is 0 Å². The first-order chi connectivity index (χ1) is 9.63. The van der Waals surface area contributed by atoms with E-state index in [0.29, 0.717) is 16.5 Å². The molecule has 20 heavy (non-hydrogen) atoms. The third kappa shape index (κ3) is 2.40. The number of aromatic amines is 1. The van der Waals surface area contributed by atoms with E-state index in [-0.39, 0.29) is 5.69 Å². The maximum Gasteiger partial charge on any atom is 0.355 e. The van der Waals surface area contributed by atoms with Crippen LogP contribution in [0.25, 0.3) is 11.1 Å². The number of hydrogen-bond acceptors (Lipinski definition) is 4. The van der Waals surface area contributed by atoms with E-state index in [9.17, 15) is 4.79 Å². The molecule has 0 fully saturated rings. The molecule has 0 amide bonds. The SMILES string of the molecule is CC(OC(=O)c1cc(Cl)c[nH]1)c1nc2ccccc2o1. The van der Waals surface area contributed by atoms with Crippen LogP contribution in [0.3, 0.4) is 0 Å². The molecule has 3 aromatic rings. The number of rotatable bonds is 3. The predicted molar refractivity (Wildman–Crippen MR) is 73.6 cm³/mol. The van der Waals surface area contributed by atoms with Crippen LogP contribution in [0.5, 0.6) is 0 Å². The Hall–Kier alpha value is -2.27. The number of halogens is 1. The Balaban J connectivity index is 1.78. The molecule has 0 saturated heterocycles. The van der Waals surface area contributed by atoms with Gasteiger partial charge in [0.05, 0.1) is 5.02 Å². The van der Waals surface area contributed by atoms with E-state index >= 15 is 0 Å². The highest BCUT2D eigenvalue weighted by Crippen LogP contribution is 2.23. The summed E-state index contributed by atoms with van der Waals surface area (Å²) in [6.07, 6.45) is 0.930. The fourth-order valence-corrected chi connectivity index (χ4v) is 1.99. The molecule has 0 bridgehead atoms. The van der Waals surface area contributed by atoms with Crippen LogP contribution < -0.4 is 0 Å². The molecule has 0 saturated carbocycles. The summed E-state index contributed by atoms with van der Waals surface area (Å²) in [7, 11) is 0. The highest BCUT2D eigenvalue weighted by Gasteiger charge is 2.19. The van der Waals surface area contributed by atoms with Crippen molar-refractivity contribution in [2.24, 2.45) is 0 Å². The third-order valence-corrected chi connectivity index (χ3v) is 3.03. The Morgan fingerprint density at radius 2 is 2.25 bits per heavy atom. The molecule has 0 spiro atoms. The molecule has 0 aliphatic heterocycles. The Morgan fingerprint density at radius 1 is 1.45 bits per heavy atom. The second-order valence-electron chi connectivity index (χ2n) is 4.30. The minimum Gasteiger partial charge on any atom is -0.448 e. The maximum absolute atomic E-state index is 11.9. The molecule has 102 valence electrons. The van der Waals surface area contributed by atoms with Crippen molar-refractivity contribution < 1.29 is 13.9 Å². The maximum atomic E-state index is 11.9. The number of nitrogens with zero attached hydrogens (tertiary/aromatic N) is 1. The molecule has 2 heterocycles. The second-order valence-corrected chi connectivity index (χ2v) is 4.74. The Kier molecular flexibility index (Phi) is 3.20. The van der Waals surface area contributed by atoms with Gasteiger partial charge in [0.2, 0.25) is 5.89 Å². The van der Waals surface area contributed by atoms with Gasteiger partial charge < -0.3 is 14.1 Å². The van der Waals surface area contributed by atoms with Gasteiger partial charge in [-0.3, -0.25) is 0 Å². The predicted octanol–water partition coefficient (Wildman–Crippen LogP) is 3.73. The lowest BCUT2D eigenvalue weighted by molar-refractivity contribution is 0.0276. The van der Waals surface area contributed by atoms with E-state index in [4.69, 9.17) is 20.8 Å². The standard InChI is InChI=1S/C14H11ClN2O3/c1-8(19-14(18)11-6-9(15)7-16-11)13-17-10-4-2-3-5-12(10)20-13/h2-8,16H,1H3. The van der Waals surface area contributed by atoms with E-state index in [1.807, 2.05) is 24.3 Å². The fraction of sp³-hybridized carbons (Fsp3) is 0.143. The van der Waals surface area contributed by atoms with Gasteiger partial charge in [0.15, 0.2) is 11.7 Å². The molecule has 0 aliphatic carbocycles. The number of nitrogens with one attached hydrogen (secondary N) is 1. The number of carbonyl (C=O) groups excluding carboxylic acids is 1. The van der Waals surface area contributed by atoms with Crippen LogP contribution in [0.15, 0.2) is 40.9 Å². The van der Waals surface area contributed by atoms with Crippen molar-refractivity contribution in [1.29, 1.82) is 0 Å². The van der Waals surface area contributed by atoms with Crippen molar-refractivity contribution in [1.82, 2.24) is 9.97 Å². The quantitative estimate of drug-likeness (QED) is 0.746. The van der Waals surface area contributed by atoms with Crippen LogP contribution in [0.2, 0.25) is 5.02 Å². The van der Waals surface area contributed by atoms with E-state index < -0.39 is 12.1 Å². The molecule has 0 radical (unpaired) electrons. The molecular weight excluding hydrogens is 280 g/mol. The second kappa shape index (κ2) is 5.02. The van der Waals surface area contributed by atoms with E-state index in [0.717, 1.165) is 5.52 Å². The molecule has 0 aliphatic rings. The highest BCUT2D eigenvalue weighted by molar-refractivity contribution is 6.30. The van der Waals surface area contributed by atoms with Crippen molar-refractivity contribution >= 4 is 28.7 Å². The average Bonchev–Trinajstić information content (AvgIpc) is 3.04. The van der Waals surface area contributed by atoms with E-state index in [1.54, 1.807) is 6.92 Å². The zero-order valence-corrected chi connectivity index (χ0v) is 11.3. The Morgan fingerprint density at radius 3 is 2.95 bits per heavy atom. The normalized spacial score (nSPS) is 12.5. The van der Waals surface area contributed by atoms with Gasteiger partial charge in [-0.1, -0.05) is 23.7 Å². The number of esters is 1. The summed E-state index contributed by atoms with van der Waals surface area (Å²) < 4.78 is 10.8. The minimum atomic E-state index is -0.586. The molecule has 5 nitrogen and oxygen atoms in total. The number of para-hydroxylation sites is 2. The molecule has 2 aromatic heterocycles. The third-order valence-electron chi connectivity index (χ3n) is 2.81. The van der Waals surface area contributed by atoms with Gasteiger partial charge in [-0.2, -0.15) is 0 Å². The van der Waals surface area contributed by atoms with Gasteiger partial charge in [0, 0.05) is 6.20 Å². The van der Waals surface area contributed by atoms with Crippen LogP contribution in [-0.4, -0.2) is 15.9 Å². The largest absolute Gasteiger partial charge is 0.448 e. The van der Waals surface area contributed by atoms with Crippen LogP contribution in [0.1, 0.15) is 29.4 Å². The van der Waals surface area contributed by atoms with Crippen molar-refractivity contribution in [3.63, 3.8) is 0 Å². The Bertz CT molecular complexity index is 729. The van der Waals surface area contributed by atoms with Gasteiger partial charge in [-0.25, -0.2) is 9.78 Å². The zero-order chi connectivity index (χ0) is 14.1. The molecule has 1 atom stereocenters. The summed E-state index contributed by atoms with van der Waals surface area (Å²) in [4.78, 5) is 18.9. The first-order valence-electron chi connectivity index (χ1n) is 6.04. The number of H-pyrrole nitrogens is 1. The molecule has 1 unspecified atom stereocenters. The smallest absolute Gasteiger partial charge is 0.355 e. The molecular formula is C14H11ClN2O3. The number of hydrogen-bond donors (Lipinski definition) is 1. The lowest BCUT2D eigenvalue weighted by Gasteiger charge is -2.08. The molecule has 3 rings (SSSR count). The van der Waals surface area contributed by atoms with Crippen LogP contribution in [-0.2, 0) is 4.74 Å². The van der Waals surface area contributed by atoms with Crippen molar-refractivity contribution in [2.75, 3.05) is 0 Å². The van der Waals surface area contributed by atoms with Crippen molar-refractivity contribution in [2.45, 2.75) is 13.0 Å². The number of oxazole rings is 1. The van der Waals surface area contributed by atoms with Crippen LogP contribution >= 0.6 is 11.6 Å². The Labute approximate surface area is 119 Å². The van der Waals surface area contributed by atoms with Gasteiger partial charge in [0.1, 0.15) is 11.2 Å². The summed E-state index contributed by atoms with van der Waals surface area (Å²) in [5.41, 5.74) is 1.68. The highest BCUT2D eigenvalue weighted by atomic mass is 35.5. The minimum absolute atomic E-state index is 0.290. The summed E-state index contributed by atoms with van der Waals surface area (Å²) in [6, 6.07) is 8.87. The van der Waals surface area contributed by atoms with E-state index in [2.05, 4.69) is 9.97 Å². The lowest BCUT2D eigenvalue weighted by Crippen LogP contribution is -2.09. The number of fused-ring (bicyclic) bond motifs is 1. The molecule has 6 heteroatoms. The fourth-order valence-electron chi connectivity index (χ4n) is 1.82. The lowest BCUT2D eigenvalue weighted by atomic mass is 10.3.